The Kier molecular flexibility index (Phi) is 5.65. The Morgan fingerprint density at radius 1 is 1.53 bits per heavy atom. The van der Waals surface area contributed by atoms with Gasteiger partial charge in [0.1, 0.15) is 0 Å². The molecule has 3 N–H and O–H groups in total. The standard InChI is InChI=1S/C11H16N2O3S/c1-2-8(7-14)13-10(15)6-12-11(16)9-4-3-5-17-9/h3-5,8,14H,2,6-7H2,1H3,(H,12,16)(H,13,15)/t8-/m0/s1. The van der Waals surface area contributed by atoms with Crippen LogP contribution < -0.4 is 10.6 Å². The van der Waals surface area contributed by atoms with Crippen LogP contribution in [0.3, 0.4) is 0 Å². The van der Waals surface area contributed by atoms with Crippen LogP contribution in [0.2, 0.25) is 0 Å². The molecule has 94 valence electrons. The molecule has 2 amide bonds. The van der Waals surface area contributed by atoms with Gasteiger partial charge in [-0.2, -0.15) is 0 Å². The van der Waals surface area contributed by atoms with Gasteiger partial charge in [0.15, 0.2) is 0 Å². The summed E-state index contributed by atoms with van der Waals surface area (Å²) in [5, 5.41) is 15.8. The number of rotatable bonds is 6. The summed E-state index contributed by atoms with van der Waals surface area (Å²) in [7, 11) is 0. The summed E-state index contributed by atoms with van der Waals surface area (Å²) in [4.78, 5) is 23.5. The molecule has 0 bridgehead atoms. The Balaban J connectivity index is 2.31. The highest BCUT2D eigenvalue weighted by Gasteiger charge is 2.11. The Morgan fingerprint density at radius 3 is 2.82 bits per heavy atom. The zero-order valence-corrected chi connectivity index (χ0v) is 10.4. The molecule has 1 aromatic rings. The zero-order valence-electron chi connectivity index (χ0n) is 9.60. The van der Waals surface area contributed by atoms with E-state index in [1.165, 1.54) is 11.3 Å². The number of hydrogen-bond acceptors (Lipinski definition) is 4. The van der Waals surface area contributed by atoms with E-state index in [2.05, 4.69) is 10.6 Å². The van der Waals surface area contributed by atoms with Crippen molar-refractivity contribution in [3.63, 3.8) is 0 Å². The average molecular weight is 256 g/mol. The highest BCUT2D eigenvalue weighted by Crippen LogP contribution is 2.07. The lowest BCUT2D eigenvalue weighted by Gasteiger charge is -2.13. The third-order valence-corrected chi connectivity index (χ3v) is 3.10. The molecule has 17 heavy (non-hydrogen) atoms. The monoisotopic (exact) mass is 256 g/mol. The van der Waals surface area contributed by atoms with Crippen LogP contribution >= 0.6 is 11.3 Å². The molecule has 6 heteroatoms. The minimum atomic E-state index is -0.296. The summed E-state index contributed by atoms with van der Waals surface area (Å²) in [6, 6.07) is 3.22. The van der Waals surface area contributed by atoms with Gasteiger partial charge in [0.25, 0.3) is 5.91 Å². The summed E-state index contributed by atoms with van der Waals surface area (Å²) in [5.74, 6) is -0.553. The van der Waals surface area contributed by atoms with Crippen molar-refractivity contribution in [2.75, 3.05) is 13.2 Å². The maximum Gasteiger partial charge on any atom is 0.261 e. The summed E-state index contributed by atoms with van der Waals surface area (Å²) in [6.07, 6.45) is 0.654. The maximum absolute atomic E-state index is 11.5. The molecule has 0 spiro atoms. The molecule has 0 saturated carbocycles. The summed E-state index contributed by atoms with van der Waals surface area (Å²) >= 11 is 1.32. The number of carbonyl (C=O) groups excluding carboxylic acids is 2. The lowest BCUT2D eigenvalue weighted by Crippen LogP contribution is -2.43. The topological polar surface area (TPSA) is 78.4 Å². The third-order valence-electron chi connectivity index (χ3n) is 2.23. The van der Waals surface area contributed by atoms with Crippen molar-refractivity contribution in [2.24, 2.45) is 0 Å². The van der Waals surface area contributed by atoms with Crippen molar-refractivity contribution in [1.29, 1.82) is 0 Å². The molecule has 5 nitrogen and oxygen atoms in total. The van der Waals surface area contributed by atoms with Gasteiger partial charge in [-0.05, 0) is 17.9 Å². The van der Waals surface area contributed by atoms with E-state index in [0.717, 1.165) is 0 Å². The van der Waals surface area contributed by atoms with Crippen LogP contribution in [0.25, 0.3) is 0 Å². The first-order valence-electron chi connectivity index (χ1n) is 5.39. The number of amides is 2. The molecule has 0 aliphatic carbocycles. The smallest absolute Gasteiger partial charge is 0.261 e. The molecule has 0 unspecified atom stereocenters. The first kappa shape index (κ1) is 13.7. The van der Waals surface area contributed by atoms with Gasteiger partial charge in [0, 0.05) is 0 Å². The van der Waals surface area contributed by atoms with E-state index in [9.17, 15) is 9.59 Å². The van der Waals surface area contributed by atoms with Gasteiger partial charge >= 0.3 is 0 Å². The fraction of sp³-hybridized carbons (Fsp3) is 0.455. The summed E-state index contributed by atoms with van der Waals surface area (Å²) < 4.78 is 0. The fourth-order valence-electron chi connectivity index (χ4n) is 1.21. The molecule has 1 rings (SSSR count). The molecule has 1 heterocycles. The molecule has 0 fully saturated rings. The van der Waals surface area contributed by atoms with Crippen molar-refractivity contribution in [1.82, 2.24) is 10.6 Å². The number of hydrogen-bond donors (Lipinski definition) is 3. The van der Waals surface area contributed by atoms with Crippen LogP contribution in [0.4, 0.5) is 0 Å². The van der Waals surface area contributed by atoms with Crippen LogP contribution in [0.5, 0.6) is 0 Å². The third kappa shape index (κ3) is 4.54. The van der Waals surface area contributed by atoms with Gasteiger partial charge < -0.3 is 15.7 Å². The van der Waals surface area contributed by atoms with Crippen molar-refractivity contribution >= 4 is 23.2 Å². The van der Waals surface area contributed by atoms with Crippen molar-refractivity contribution in [3.8, 4) is 0 Å². The van der Waals surface area contributed by atoms with E-state index >= 15 is 0 Å². The van der Waals surface area contributed by atoms with Crippen LogP contribution in [-0.2, 0) is 4.79 Å². The lowest BCUT2D eigenvalue weighted by molar-refractivity contribution is -0.121. The molecule has 1 aromatic heterocycles. The minimum Gasteiger partial charge on any atom is -0.394 e. The molecule has 0 aliphatic rings. The second-order valence-corrected chi connectivity index (χ2v) is 4.46. The first-order valence-corrected chi connectivity index (χ1v) is 6.27. The molecule has 0 radical (unpaired) electrons. The van der Waals surface area contributed by atoms with Gasteiger partial charge in [-0.25, -0.2) is 0 Å². The molecular formula is C11H16N2O3S. The average Bonchev–Trinajstić information content (AvgIpc) is 2.86. The molecule has 0 aliphatic heterocycles. The quantitative estimate of drug-likeness (QED) is 0.688. The highest BCUT2D eigenvalue weighted by molar-refractivity contribution is 7.12. The van der Waals surface area contributed by atoms with Gasteiger partial charge in [-0.3, -0.25) is 9.59 Å². The normalized spacial score (nSPS) is 11.9. The molecular weight excluding hydrogens is 240 g/mol. The summed E-state index contributed by atoms with van der Waals surface area (Å²) in [6.45, 7) is 1.69. The minimum absolute atomic E-state index is 0.0762. The van der Waals surface area contributed by atoms with E-state index in [-0.39, 0.29) is 31.0 Å². The van der Waals surface area contributed by atoms with Crippen LogP contribution in [0.15, 0.2) is 17.5 Å². The number of aliphatic hydroxyl groups is 1. The number of aliphatic hydroxyl groups excluding tert-OH is 1. The molecule has 1 atom stereocenters. The van der Waals surface area contributed by atoms with E-state index < -0.39 is 0 Å². The van der Waals surface area contributed by atoms with E-state index in [4.69, 9.17) is 5.11 Å². The van der Waals surface area contributed by atoms with Crippen molar-refractivity contribution in [2.45, 2.75) is 19.4 Å². The zero-order chi connectivity index (χ0) is 12.7. The van der Waals surface area contributed by atoms with Crippen LogP contribution in [0, 0.1) is 0 Å². The van der Waals surface area contributed by atoms with Gasteiger partial charge in [0.05, 0.1) is 24.1 Å². The lowest BCUT2D eigenvalue weighted by atomic mass is 10.2. The first-order chi connectivity index (χ1) is 8.17. The molecule has 0 aromatic carbocycles. The van der Waals surface area contributed by atoms with Gasteiger partial charge in [-0.1, -0.05) is 13.0 Å². The highest BCUT2D eigenvalue weighted by atomic mass is 32.1. The number of thiophene rings is 1. The van der Waals surface area contributed by atoms with Crippen molar-refractivity contribution in [3.05, 3.63) is 22.4 Å². The fourth-order valence-corrected chi connectivity index (χ4v) is 1.85. The second-order valence-electron chi connectivity index (χ2n) is 3.52. The van der Waals surface area contributed by atoms with Gasteiger partial charge in [0.2, 0.25) is 5.91 Å². The van der Waals surface area contributed by atoms with Gasteiger partial charge in [-0.15, -0.1) is 11.3 Å². The van der Waals surface area contributed by atoms with Crippen LogP contribution in [0.1, 0.15) is 23.0 Å². The van der Waals surface area contributed by atoms with Crippen molar-refractivity contribution < 1.29 is 14.7 Å². The predicted molar refractivity (Wildman–Crippen MR) is 66.0 cm³/mol. The van der Waals surface area contributed by atoms with E-state index in [1.807, 2.05) is 6.92 Å². The molecule has 0 saturated heterocycles. The van der Waals surface area contributed by atoms with E-state index in [1.54, 1.807) is 17.5 Å². The maximum atomic E-state index is 11.5. The Morgan fingerprint density at radius 2 is 2.29 bits per heavy atom. The number of nitrogens with one attached hydrogen (secondary N) is 2. The Labute approximate surface area is 104 Å². The SMILES string of the molecule is CC[C@@H](CO)NC(=O)CNC(=O)c1cccs1. The van der Waals surface area contributed by atoms with Crippen LogP contribution in [-0.4, -0.2) is 36.1 Å². The largest absolute Gasteiger partial charge is 0.394 e. The number of carbonyl (C=O) groups is 2. The Hall–Kier alpha value is -1.40. The Bertz CT molecular complexity index is 361. The summed E-state index contributed by atoms with van der Waals surface area (Å²) in [5.41, 5.74) is 0. The second kappa shape index (κ2) is 7.03. The van der Waals surface area contributed by atoms with E-state index in [0.29, 0.717) is 11.3 Å². The predicted octanol–water partition coefficient (Wildman–Crippen LogP) is 0.365.